The number of carbonyl (C=O) groups excluding carboxylic acids is 1. The maximum atomic E-state index is 12.6. The molecule has 1 atom stereocenters. The van der Waals surface area contributed by atoms with Gasteiger partial charge in [-0.15, -0.1) is 5.10 Å². The van der Waals surface area contributed by atoms with Crippen LogP contribution in [-0.4, -0.2) is 20.8 Å². The van der Waals surface area contributed by atoms with Crippen LogP contribution in [0, 0.1) is 0 Å². The Labute approximate surface area is 127 Å². The van der Waals surface area contributed by atoms with Gasteiger partial charge in [0.1, 0.15) is 11.6 Å². The van der Waals surface area contributed by atoms with Crippen molar-refractivity contribution in [2.45, 2.75) is 19.4 Å². The Kier molecular flexibility index (Phi) is 3.78. The van der Waals surface area contributed by atoms with E-state index in [0.29, 0.717) is 22.9 Å². The first-order chi connectivity index (χ1) is 10.7. The van der Waals surface area contributed by atoms with Gasteiger partial charge in [0.2, 0.25) is 0 Å². The maximum Gasteiger partial charge on any atom is 0.278 e. The summed E-state index contributed by atoms with van der Waals surface area (Å²) in [5.74, 6) is -0.130. The summed E-state index contributed by atoms with van der Waals surface area (Å²) in [6.07, 6.45) is 0.473. The summed E-state index contributed by atoms with van der Waals surface area (Å²) in [4.78, 5) is 25.2. The van der Waals surface area contributed by atoms with Crippen molar-refractivity contribution in [2.75, 3.05) is 0 Å². The van der Waals surface area contributed by atoms with E-state index in [-0.39, 0.29) is 11.3 Å². The van der Waals surface area contributed by atoms with Crippen LogP contribution in [0.25, 0.3) is 10.9 Å². The average molecular weight is 293 g/mol. The third-order valence-electron chi connectivity index (χ3n) is 3.63. The number of hydrogen-bond donors (Lipinski definition) is 0. The van der Waals surface area contributed by atoms with E-state index in [9.17, 15) is 9.59 Å². The predicted octanol–water partition coefficient (Wildman–Crippen LogP) is 2.63. The molecule has 2 aromatic carbocycles. The molecule has 110 valence electrons. The van der Waals surface area contributed by atoms with Gasteiger partial charge in [0.15, 0.2) is 5.78 Å². The van der Waals surface area contributed by atoms with Gasteiger partial charge in [0.25, 0.3) is 5.56 Å². The lowest BCUT2D eigenvalue weighted by Crippen LogP contribution is -2.32. The summed E-state index contributed by atoms with van der Waals surface area (Å²) in [6.45, 7) is 1.86. The summed E-state index contributed by atoms with van der Waals surface area (Å²) in [6, 6.07) is 15.3. The third kappa shape index (κ3) is 2.41. The van der Waals surface area contributed by atoms with Gasteiger partial charge in [-0.05, 0) is 18.6 Å². The van der Waals surface area contributed by atoms with E-state index in [1.807, 2.05) is 13.0 Å². The van der Waals surface area contributed by atoms with Crippen molar-refractivity contribution in [1.82, 2.24) is 15.0 Å². The van der Waals surface area contributed by atoms with Crippen LogP contribution < -0.4 is 5.56 Å². The number of ketones is 1. The van der Waals surface area contributed by atoms with Crippen LogP contribution in [0.15, 0.2) is 59.4 Å². The molecule has 1 heterocycles. The van der Waals surface area contributed by atoms with E-state index in [2.05, 4.69) is 10.3 Å². The molecule has 5 nitrogen and oxygen atoms in total. The van der Waals surface area contributed by atoms with Crippen molar-refractivity contribution >= 4 is 16.7 Å². The van der Waals surface area contributed by atoms with Crippen LogP contribution in [0.2, 0.25) is 0 Å². The number of hydrogen-bond acceptors (Lipinski definition) is 4. The lowest BCUT2D eigenvalue weighted by molar-refractivity contribution is 0.0909. The molecule has 0 radical (unpaired) electrons. The van der Waals surface area contributed by atoms with E-state index in [4.69, 9.17) is 0 Å². The lowest BCUT2D eigenvalue weighted by Gasteiger charge is -2.15. The molecule has 0 fully saturated rings. The molecule has 5 heteroatoms. The first-order valence-corrected chi connectivity index (χ1v) is 7.16. The van der Waals surface area contributed by atoms with Gasteiger partial charge in [-0.1, -0.05) is 54.6 Å². The molecular weight excluding hydrogens is 278 g/mol. The minimum atomic E-state index is -0.646. The van der Waals surface area contributed by atoms with E-state index in [1.165, 1.54) is 4.68 Å². The molecule has 0 saturated carbocycles. The summed E-state index contributed by atoms with van der Waals surface area (Å²) in [5.41, 5.74) is 0.809. The second-order valence-corrected chi connectivity index (χ2v) is 5.01. The van der Waals surface area contributed by atoms with Gasteiger partial charge in [0.05, 0.1) is 5.39 Å². The highest BCUT2D eigenvalue weighted by Crippen LogP contribution is 2.16. The zero-order valence-corrected chi connectivity index (χ0v) is 12.1. The quantitative estimate of drug-likeness (QED) is 0.694. The minimum Gasteiger partial charge on any atom is -0.292 e. The molecule has 0 unspecified atom stereocenters. The molecule has 0 aliphatic carbocycles. The molecule has 0 bridgehead atoms. The molecule has 3 aromatic rings. The molecule has 0 spiro atoms. The number of aromatic nitrogens is 3. The van der Waals surface area contributed by atoms with Gasteiger partial charge < -0.3 is 0 Å². The predicted molar refractivity (Wildman–Crippen MR) is 83.9 cm³/mol. The largest absolute Gasteiger partial charge is 0.292 e. The minimum absolute atomic E-state index is 0.130. The Bertz CT molecular complexity index is 872. The molecule has 22 heavy (non-hydrogen) atoms. The Balaban J connectivity index is 2.10. The van der Waals surface area contributed by atoms with Crippen molar-refractivity contribution in [3.8, 4) is 0 Å². The highest BCUT2D eigenvalue weighted by Gasteiger charge is 2.23. The van der Waals surface area contributed by atoms with Crippen LogP contribution in [0.3, 0.4) is 0 Å². The number of nitrogens with zero attached hydrogens (tertiary/aromatic N) is 3. The first kappa shape index (κ1) is 14.1. The van der Waals surface area contributed by atoms with Crippen molar-refractivity contribution in [3.05, 3.63) is 70.5 Å². The third-order valence-corrected chi connectivity index (χ3v) is 3.63. The van der Waals surface area contributed by atoms with Gasteiger partial charge in [-0.25, -0.2) is 0 Å². The fraction of sp³-hybridized carbons (Fsp3) is 0.176. The number of rotatable bonds is 4. The van der Waals surface area contributed by atoms with E-state index >= 15 is 0 Å². The summed E-state index contributed by atoms with van der Waals surface area (Å²) < 4.78 is 1.19. The number of fused-ring (bicyclic) bond motifs is 1. The molecule has 0 amide bonds. The topological polar surface area (TPSA) is 64.8 Å². The summed E-state index contributed by atoms with van der Waals surface area (Å²) in [5, 5.41) is 8.47. The van der Waals surface area contributed by atoms with Crippen LogP contribution in [0.4, 0.5) is 0 Å². The Morgan fingerprint density at radius 2 is 1.77 bits per heavy atom. The van der Waals surface area contributed by atoms with Crippen LogP contribution in [0.1, 0.15) is 29.7 Å². The van der Waals surface area contributed by atoms with Gasteiger partial charge in [0, 0.05) is 5.56 Å². The standard InChI is InChI=1S/C17H15N3O2/c1-2-15(16(21)12-8-4-3-5-9-12)20-17(22)13-10-6-7-11-14(13)18-19-20/h3-11,15H,2H2,1H3/t15-/m0/s1. The highest BCUT2D eigenvalue weighted by molar-refractivity contribution is 5.99. The Morgan fingerprint density at radius 3 is 2.50 bits per heavy atom. The molecule has 0 N–H and O–H groups in total. The van der Waals surface area contributed by atoms with E-state index in [0.717, 1.165) is 0 Å². The SMILES string of the molecule is CC[C@@H](C(=O)c1ccccc1)n1nnc2ccccc2c1=O. The van der Waals surface area contributed by atoms with Crippen LogP contribution >= 0.6 is 0 Å². The molecule has 3 rings (SSSR count). The zero-order valence-electron chi connectivity index (χ0n) is 12.1. The average Bonchev–Trinajstić information content (AvgIpc) is 2.58. The summed E-state index contributed by atoms with van der Waals surface area (Å²) in [7, 11) is 0. The zero-order chi connectivity index (χ0) is 15.5. The maximum absolute atomic E-state index is 12.6. The fourth-order valence-corrected chi connectivity index (χ4v) is 2.47. The molecule has 0 aliphatic heterocycles. The Hall–Kier alpha value is -2.82. The second kappa shape index (κ2) is 5.89. The summed E-state index contributed by atoms with van der Waals surface area (Å²) >= 11 is 0. The van der Waals surface area contributed by atoms with Crippen molar-refractivity contribution in [3.63, 3.8) is 0 Å². The van der Waals surface area contributed by atoms with Gasteiger partial charge in [-0.2, -0.15) is 4.68 Å². The van der Waals surface area contributed by atoms with Gasteiger partial charge in [-0.3, -0.25) is 9.59 Å². The number of benzene rings is 2. The highest BCUT2D eigenvalue weighted by atomic mass is 16.1. The second-order valence-electron chi connectivity index (χ2n) is 5.01. The Morgan fingerprint density at radius 1 is 1.09 bits per heavy atom. The molecule has 1 aromatic heterocycles. The van der Waals surface area contributed by atoms with Crippen molar-refractivity contribution < 1.29 is 4.79 Å². The molecule has 0 saturated heterocycles. The normalized spacial score (nSPS) is 12.2. The van der Waals surface area contributed by atoms with E-state index in [1.54, 1.807) is 48.5 Å². The number of Topliss-reactive ketones (excluding diaryl/α,β-unsaturated/α-hetero) is 1. The smallest absolute Gasteiger partial charge is 0.278 e. The monoisotopic (exact) mass is 293 g/mol. The van der Waals surface area contributed by atoms with Crippen molar-refractivity contribution in [1.29, 1.82) is 0 Å². The lowest BCUT2D eigenvalue weighted by atomic mass is 10.0. The van der Waals surface area contributed by atoms with Gasteiger partial charge >= 0.3 is 0 Å². The van der Waals surface area contributed by atoms with E-state index < -0.39 is 6.04 Å². The molecule has 0 aliphatic rings. The first-order valence-electron chi connectivity index (χ1n) is 7.16. The van der Waals surface area contributed by atoms with Crippen molar-refractivity contribution in [2.24, 2.45) is 0 Å². The van der Waals surface area contributed by atoms with Crippen LogP contribution in [0.5, 0.6) is 0 Å². The fourth-order valence-electron chi connectivity index (χ4n) is 2.47. The number of carbonyl (C=O) groups is 1. The van der Waals surface area contributed by atoms with Crippen LogP contribution in [-0.2, 0) is 0 Å². The molecular formula is C17H15N3O2.